The van der Waals surface area contributed by atoms with Crippen molar-refractivity contribution in [3.05, 3.63) is 30.3 Å². The molecule has 2 aliphatic heterocycles. The number of aliphatic hydroxyl groups excluding tert-OH is 1. The standard InChI is InChI=1S/C17H25N3O2/c21-13-16-7-4-10-20(16)17(22)18-14-8-11-19(12-9-14)15-5-2-1-3-6-15/h1-3,5-6,14,16,21H,4,7-13H2,(H,18,22). The Hall–Kier alpha value is -1.75. The lowest BCUT2D eigenvalue weighted by Crippen LogP contribution is -2.51. The molecule has 1 aromatic rings. The molecule has 2 saturated heterocycles. The van der Waals surface area contributed by atoms with Crippen LogP contribution in [-0.4, -0.2) is 54.4 Å². The summed E-state index contributed by atoms with van der Waals surface area (Å²) >= 11 is 0. The summed E-state index contributed by atoms with van der Waals surface area (Å²) < 4.78 is 0. The largest absolute Gasteiger partial charge is 0.394 e. The van der Waals surface area contributed by atoms with Crippen molar-refractivity contribution in [3.63, 3.8) is 0 Å². The minimum Gasteiger partial charge on any atom is -0.394 e. The van der Waals surface area contributed by atoms with Crippen LogP contribution in [0.5, 0.6) is 0 Å². The number of para-hydroxylation sites is 1. The number of amides is 2. The van der Waals surface area contributed by atoms with Gasteiger partial charge in [0.15, 0.2) is 0 Å². The van der Waals surface area contributed by atoms with E-state index in [1.165, 1.54) is 5.69 Å². The molecular formula is C17H25N3O2. The Labute approximate surface area is 131 Å². The molecule has 0 radical (unpaired) electrons. The lowest BCUT2D eigenvalue weighted by atomic mass is 10.0. The van der Waals surface area contributed by atoms with E-state index in [9.17, 15) is 9.90 Å². The molecule has 3 rings (SSSR count). The third-order valence-corrected chi connectivity index (χ3v) is 4.79. The number of carbonyl (C=O) groups excluding carboxylic acids is 1. The fourth-order valence-corrected chi connectivity index (χ4v) is 3.47. The van der Waals surface area contributed by atoms with Gasteiger partial charge in [-0.25, -0.2) is 4.79 Å². The maximum absolute atomic E-state index is 12.3. The second-order valence-electron chi connectivity index (χ2n) is 6.22. The summed E-state index contributed by atoms with van der Waals surface area (Å²) in [7, 11) is 0. The molecule has 5 heteroatoms. The van der Waals surface area contributed by atoms with E-state index in [1.807, 2.05) is 6.07 Å². The van der Waals surface area contributed by atoms with Crippen LogP contribution < -0.4 is 10.2 Å². The Bertz CT molecular complexity index is 486. The van der Waals surface area contributed by atoms with Crippen molar-refractivity contribution in [3.8, 4) is 0 Å². The Morgan fingerprint density at radius 2 is 1.86 bits per heavy atom. The Morgan fingerprint density at radius 3 is 2.55 bits per heavy atom. The first-order valence-electron chi connectivity index (χ1n) is 8.26. The molecule has 2 aliphatic rings. The van der Waals surface area contributed by atoms with Gasteiger partial charge in [-0.15, -0.1) is 0 Å². The summed E-state index contributed by atoms with van der Waals surface area (Å²) in [6.07, 6.45) is 3.85. The molecule has 5 nitrogen and oxygen atoms in total. The van der Waals surface area contributed by atoms with Crippen LogP contribution in [0, 0.1) is 0 Å². The van der Waals surface area contributed by atoms with Crippen LogP contribution in [-0.2, 0) is 0 Å². The van der Waals surface area contributed by atoms with Gasteiger partial charge in [-0.3, -0.25) is 0 Å². The number of carbonyl (C=O) groups is 1. The second-order valence-corrected chi connectivity index (χ2v) is 6.22. The Morgan fingerprint density at radius 1 is 1.14 bits per heavy atom. The molecule has 1 atom stereocenters. The molecule has 120 valence electrons. The Balaban J connectivity index is 1.49. The van der Waals surface area contributed by atoms with Gasteiger partial charge >= 0.3 is 6.03 Å². The molecule has 1 aromatic carbocycles. The number of rotatable bonds is 3. The van der Waals surface area contributed by atoms with Crippen LogP contribution in [0.3, 0.4) is 0 Å². The molecule has 0 aliphatic carbocycles. The van der Waals surface area contributed by atoms with Gasteiger partial charge in [0.2, 0.25) is 0 Å². The van der Waals surface area contributed by atoms with Gasteiger partial charge in [0.05, 0.1) is 12.6 Å². The van der Waals surface area contributed by atoms with E-state index < -0.39 is 0 Å². The van der Waals surface area contributed by atoms with Crippen molar-refractivity contribution in [1.82, 2.24) is 10.2 Å². The van der Waals surface area contributed by atoms with E-state index in [4.69, 9.17) is 0 Å². The fraction of sp³-hybridized carbons (Fsp3) is 0.588. The third kappa shape index (κ3) is 3.35. The van der Waals surface area contributed by atoms with Crippen LogP contribution in [0.25, 0.3) is 0 Å². The van der Waals surface area contributed by atoms with Gasteiger partial charge in [-0.2, -0.15) is 0 Å². The minimum atomic E-state index is -0.00490. The highest BCUT2D eigenvalue weighted by Gasteiger charge is 2.30. The van der Waals surface area contributed by atoms with Crippen LogP contribution >= 0.6 is 0 Å². The monoisotopic (exact) mass is 303 g/mol. The summed E-state index contributed by atoms with van der Waals surface area (Å²) in [5.74, 6) is 0. The average molecular weight is 303 g/mol. The van der Waals surface area contributed by atoms with Crippen molar-refractivity contribution in [2.24, 2.45) is 0 Å². The van der Waals surface area contributed by atoms with E-state index in [0.29, 0.717) is 0 Å². The minimum absolute atomic E-state index is 0.00408. The lowest BCUT2D eigenvalue weighted by Gasteiger charge is -2.35. The maximum Gasteiger partial charge on any atom is 0.317 e. The highest BCUT2D eigenvalue weighted by Crippen LogP contribution is 2.21. The SMILES string of the molecule is O=C(NC1CCN(c2ccccc2)CC1)N1CCCC1CO. The number of benzene rings is 1. The predicted octanol–water partition coefficient (Wildman–Crippen LogP) is 1.82. The average Bonchev–Trinajstić information content (AvgIpc) is 3.05. The van der Waals surface area contributed by atoms with Gasteiger partial charge in [0.1, 0.15) is 0 Å². The third-order valence-electron chi connectivity index (χ3n) is 4.79. The number of anilines is 1. The van der Waals surface area contributed by atoms with Gasteiger partial charge in [0.25, 0.3) is 0 Å². The summed E-state index contributed by atoms with van der Waals surface area (Å²) in [4.78, 5) is 16.5. The first kappa shape index (κ1) is 15.2. The van der Waals surface area contributed by atoms with Gasteiger partial charge in [-0.1, -0.05) is 18.2 Å². The van der Waals surface area contributed by atoms with Crippen molar-refractivity contribution in [2.75, 3.05) is 31.1 Å². The molecule has 2 fully saturated rings. The molecule has 0 saturated carbocycles. The van der Waals surface area contributed by atoms with E-state index >= 15 is 0 Å². The summed E-state index contributed by atoms with van der Waals surface area (Å²) in [6, 6.07) is 10.7. The maximum atomic E-state index is 12.3. The normalized spacial score (nSPS) is 22.9. The first-order chi connectivity index (χ1) is 10.8. The molecule has 2 N–H and O–H groups in total. The Kier molecular flexibility index (Phi) is 4.83. The summed E-state index contributed by atoms with van der Waals surface area (Å²) in [6.45, 7) is 2.77. The molecule has 0 bridgehead atoms. The smallest absolute Gasteiger partial charge is 0.317 e. The topological polar surface area (TPSA) is 55.8 Å². The van der Waals surface area contributed by atoms with Gasteiger partial charge in [-0.05, 0) is 37.8 Å². The van der Waals surface area contributed by atoms with E-state index in [0.717, 1.165) is 45.3 Å². The van der Waals surface area contributed by atoms with Crippen molar-refractivity contribution < 1.29 is 9.90 Å². The van der Waals surface area contributed by atoms with Gasteiger partial charge in [0, 0.05) is 31.4 Å². The molecule has 1 unspecified atom stereocenters. The van der Waals surface area contributed by atoms with Crippen molar-refractivity contribution in [2.45, 2.75) is 37.8 Å². The zero-order valence-corrected chi connectivity index (χ0v) is 12.9. The highest BCUT2D eigenvalue weighted by atomic mass is 16.3. The number of likely N-dealkylation sites (tertiary alicyclic amines) is 1. The first-order valence-corrected chi connectivity index (χ1v) is 8.26. The summed E-state index contributed by atoms with van der Waals surface area (Å²) in [5, 5.41) is 12.5. The number of hydrogen-bond donors (Lipinski definition) is 2. The van der Waals surface area contributed by atoms with Crippen LogP contribution in [0.4, 0.5) is 10.5 Å². The fourth-order valence-electron chi connectivity index (χ4n) is 3.47. The van der Waals surface area contributed by atoms with Crippen LogP contribution in [0.1, 0.15) is 25.7 Å². The molecule has 2 amide bonds. The highest BCUT2D eigenvalue weighted by molar-refractivity contribution is 5.75. The predicted molar refractivity (Wildman–Crippen MR) is 87.0 cm³/mol. The summed E-state index contributed by atoms with van der Waals surface area (Å²) in [5.41, 5.74) is 1.26. The second kappa shape index (κ2) is 7.01. The van der Waals surface area contributed by atoms with Crippen molar-refractivity contribution >= 4 is 11.7 Å². The lowest BCUT2D eigenvalue weighted by molar-refractivity contribution is 0.153. The number of aliphatic hydroxyl groups is 1. The van der Waals surface area contributed by atoms with Gasteiger partial charge < -0.3 is 20.2 Å². The van der Waals surface area contributed by atoms with Crippen LogP contribution in [0.2, 0.25) is 0 Å². The number of piperidine rings is 1. The van der Waals surface area contributed by atoms with E-state index in [1.54, 1.807) is 4.90 Å². The number of nitrogens with zero attached hydrogens (tertiary/aromatic N) is 2. The van der Waals surface area contributed by atoms with E-state index in [2.05, 4.69) is 34.5 Å². The number of urea groups is 1. The molecule has 2 heterocycles. The zero-order chi connectivity index (χ0) is 15.4. The van der Waals surface area contributed by atoms with Crippen molar-refractivity contribution in [1.29, 1.82) is 0 Å². The molecular weight excluding hydrogens is 278 g/mol. The number of hydrogen-bond acceptors (Lipinski definition) is 3. The van der Waals surface area contributed by atoms with E-state index in [-0.39, 0.29) is 24.7 Å². The number of nitrogens with one attached hydrogen (secondary N) is 1. The molecule has 0 spiro atoms. The van der Waals surface area contributed by atoms with Crippen LogP contribution in [0.15, 0.2) is 30.3 Å². The zero-order valence-electron chi connectivity index (χ0n) is 12.9. The molecule has 0 aromatic heterocycles. The quantitative estimate of drug-likeness (QED) is 0.895. The molecule has 22 heavy (non-hydrogen) atoms.